The van der Waals surface area contributed by atoms with E-state index in [1.54, 1.807) is 44.2 Å². The van der Waals surface area contributed by atoms with Crippen LogP contribution in [0.5, 0.6) is 5.75 Å². The van der Waals surface area contributed by atoms with Crippen molar-refractivity contribution in [3.05, 3.63) is 125 Å². The van der Waals surface area contributed by atoms with E-state index in [0.717, 1.165) is 11.1 Å². The average Bonchev–Trinajstić information content (AvgIpc) is 3.01. The van der Waals surface area contributed by atoms with Crippen LogP contribution in [-0.4, -0.2) is 35.5 Å². The highest BCUT2D eigenvalue weighted by atomic mass is 35.5. The maximum atomic E-state index is 14.2. The Morgan fingerprint density at radius 1 is 0.977 bits per heavy atom. The van der Waals surface area contributed by atoms with E-state index in [9.17, 15) is 18.8 Å². The van der Waals surface area contributed by atoms with Gasteiger partial charge in [0.15, 0.2) is 6.19 Å². The number of guanidine groups is 1. The van der Waals surface area contributed by atoms with Crippen molar-refractivity contribution in [1.29, 1.82) is 5.26 Å². The van der Waals surface area contributed by atoms with Gasteiger partial charge in [0, 0.05) is 29.4 Å². The molecule has 4 aromatic carbocycles. The lowest BCUT2D eigenvalue weighted by molar-refractivity contribution is -0.0568. The summed E-state index contributed by atoms with van der Waals surface area (Å²) in [5.41, 5.74) is 1.59. The number of sulfonamides is 1. The number of aliphatic hydroxyl groups is 1. The number of hydrogen-bond acceptors (Lipinski definition) is 6. The van der Waals surface area contributed by atoms with E-state index >= 15 is 0 Å². The van der Waals surface area contributed by atoms with Crippen molar-refractivity contribution >= 4 is 33.3 Å². The maximum Gasteiger partial charge on any atom is 0.243 e. The molecular formula is C33H32ClN5O4S. The molecule has 0 aromatic heterocycles. The molecule has 9 nitrogen and oxygen atoms in total. The molecule has 0 bridgehead atoms. The second kappa shape index (κ2) is 13.1. The van der Waals surface area contributed by atoms with Crippen LogP contribution in [0.25, 0.3) is 0 Å². The van der Waals surface area contributed by atoms with Gasteiger partial charge in [-0.15, -0.1) is 0 Å². The van der Waals surface area contributed by atoms with Crippen LogP contribution in [0.15, 0.2) is 113 Å². The van der Waals surface area contributed by atoms with Gasteiger partial charge in [-0.05, 0) is 67.4 Å². The van der Waals surface area contributed by atoms with Gasteiger partial charge in [0.25, 0.3) is 0 Å². The summed E-state index contributed by atoms with van der Waals surface area (Å²) in [6.45, 7) is 3.76. The zero-order valence-electron chi connectivity index (χ0n) is 24.2. The number of hydrogen-bond donors (Lipinski definition) is 3. The maximum absolute atomic E-state index is 14.2. The van der Waals surface area contributed by atoms with Gasteiger partial charge in [0.2, 0.25) is 16.0 Å². The van der Waals surface area contributed by atoms with Gasteiger partial charge in [0.05, 0.1) is 4.90 Å². The summed E-state index contributed by atoms with van der Waals surface area (Å²) in [4.78, 5) is 4.69. The predicted octanol–water partition coefficient (Wildman–Crippen LogP) is 5.84. The van der Waals surface area contributed by atoms with Crippen molar-refractivity contribution in [3.8, 4) is 11.9 Å². The first-order chi connectivity index (χ1) is 21.1. The van der Waals surface area contributed by atoms with Crippen molar-refractivity contribution < 1.29 is 18.3 Å². The number of aliphatic imine (C=N–C) groups is 1. The first-order valence-corrected chi connectivity index (χ1v) is 15.7. The molecule has 11 heteroatoms. The Morgan fingerprint density at radius 3 is 2.14 bits per heavy atom. The number of fused-ring (bicyclic) bond motifs is 1. The smallest absolute Gasteiger partial charge is 0.243 e. The number of aliphatic hydroxyl groups excluding tert-OH is 1. The molecule has 0 fully saturated rings. The Labute approximate surface area is 262 Å². The summed E-state index contributed by atoms with van der Waals surface area (Å²) < 4.78 is 36.0. The fourth-order valence-electron chi connectivity index (χ4n) is 4.95. The zero-order chi connectivity index (χ0) is 31.3. The molecule has 2 unspecified atom stereocenters. The highest BCUT2D eigenvalue weighted by Crippen LogP contribution is 2.43. The summed E-state index contributed by atoms with van der Waals surface area (Å²) in [5, 5.41) is 26.9. The van der Waals surface area contributed by atoms with Crippen LogP contribution in [-0.2, 0) is 23.1 Å². The molecule has 44 heavy (non-hydrogen) atoms. The molecule has 1 aliphatic heterocycles. The highest BCUT2D eigenvalue weighted by Gasteiger charge is 2.44. The third kappa shape index (κ3) is 7.04. The number of rotatable bonds is 8. The van der Waals surface area contributed by atoms with Crippen molar-refractivity contribution in [2.45, 2.75) is 49.6 Å². The normalized spacial score (nSPS) is 17.7. The standard InChI is InChI=1S/C33H32ClN5O4S/c1-33(2)31(40)30(38-32(36-22-35)37-26-15-13-25(34)14-16-26)28-19-27(17-18-29(28)43-33)44(41,42)39(20-23-9-5-3-6-10-23)21-24-11-7-4-8-12-24/h3-19,30-31,40H,20-21H2,1-2H3,(H2,36,37,38). The first-order valence-electron chi connectivity index (χ1n) is 13.9. The summed E-state index contributed by atoms with van der Waals surface area (Å²) in [5.74, 6) is 0.444. The Balaban J connectivity index is 1.56. The summed E-state index contributed by atoms with van der Waals surface area (Å²) >= 11 is 6.01. The second-order valence-electron chi connectivity index (χ2n) is 10.9. The molecule has 0 radical (unpaired) electrons. The fourth-order valence-corrected chi connectivity index (χ4v) is 6.53. The molecule has 1 heterocycles. The lowest BCUT2D eigenvalue weighted by Crippen LogP contribution is -2.49. The molecule has 226 valence electrons. The van der Waals surface area contributed by atoms with E-state index in [0.29, 0.717) is 22.0 Å². The SMILES string of the molecule is CC1(C)Oc2ccc(S(=O)(=O)N(Cc3ccccc3)Cc3ccccc3)cc2C(N=C(NC#N)Nc2ccc(Cl)cc2)C1O. The molecule has 1 aliphatic rings. The molecule has 5 rings (SSSR count). The third-order valence-corrected chi connectivity index (χ3v) is 9.31. The quantitative estimate of drug-likeness (QED) is 0.0967. The minimum absolute atomic E-state index is 0.0271. The minimum Gasteiger partial charge on any atom is -0.485 e. The lowest BCUT2D eigenvalue weighted by atomic mass is 9.87. The third-order valence-electron chi connectivity index (χ3n) is 7.27. The van der Waals surface area contributed by atoms with Gasteiger partial charge >= 0.3 is 0 Å². The number of anilines is 1. The van der Waals surface area contributed by atoms with E-state index < -0.39 is 27.8 Å². The largest absolute Gasteiger partial charge is 0.485 e. The topological polar surface area (TPSA) is 127 Å². The van der Waals surface area contributed by atoms with Gasteiger partial charge in [-0.1, -0.05) is 72.3 Å². The summed E-state index contributed by atoms with van der Waals surface area (Å²) in [6.07, 6.45) is 0.680. The number of nitrogens with zero attached hydrogens (tertiary/aromatic N) is 3. The molecule has 0 spiro atoms. The molecule has 0 amide bonds. The van der Waals surface area contributed by atoms with Gasteiger partial charge in [0.1, 0.15) is 23.5 Å². The predicted molar refractivity (Wildman–Crippen MR) is 170 cm³/mol. The van der Waals surface area contributed by atoms with Crippen LogP contribution >= 0.6 is 11.6 Å². The minimum atomic E-state index is -4.04. The Morgan fingerprint density at radius 2 is 1.57 bits per heavy atom. The van der Waals surface area contributed by atoms with E-state index in [1.807, 2.05) is 66.9 Å². The number of benzene rings is 4. The Hall–Kier alpha value is -4.40. The van der Waals surface area contributed by atoms with Gasteiger partial charge in [-0.25, -0.2) is 13.4 Å². The van der Waals surface area contributed by atoms with Crippen LogP contribution in [0.1, 0.15) is 36.6 Å². The molecule has 0 saturated carbocycles. The fraction of sp³-hybridized carbons (Fsp3) is 0.212. The van der Waals surface area contributed by atoms with Gasteiger partial charge < -0.3 is 15.2 Å². The van der Waals surface area contributed by atoms with E-state index in [1.165, 1.54) is 16.4 Å². The zero-order valence-corrected chi connectivity index (χ0v) is 25.8. The molecule has 0 saturated heterocycles. The number of nitriles is 1. The van der Waals surface area contributed by atoms with Crippen LogP contribution < -0.4 is 15.4 Å². The summed E-state index contributed by atoms with van der Waals surface area (Å²) in [7, 11) is -4.04. The Bertz CT molecular complexity index is 1740. The van der Waals surface area contributed by atoms with Crippen molar-refractivity contribution in [3.63, 3.8) is 0 Å². The van der Waals surface area contributed by atoms with Crippen molar-refractivity contribution in [2.75, 3.05) is 5.32 Å². The van der Waals surface area contributed by atoms with Crippen LogP contribution in [0.3, 0.4) is 0 Å². The number of nitrogens with one attached hydrogen (secondary N) is 2. The first kappa shape index (κ1) is 31.0. The van der Waals surface area contributed by atoms with Crippen LogP contribution in [0, 0.1) is 11.5 Å². The molecule has 2 atom stereocenters. The molecule has 0 aliphatic carbocycles. The number of halogens is 1. The molecular weight excluding hydrogens is 598 g/mol. The van der Waals surface area contributed by atoms with Crippen LogP contribution in [0.4, 0.5) is 5.69 Å². The Kier molecular flexibility index (Phi) is 9.22. The van der Waals surface area contributed by atoms with Crippen molar-refractivity contribution in [2.24, 2.45) is 4.99 Å². The van der Waals surface area contributed by atoms with Gasteiger partial charge in [-0.2, -0.15) is 9.57 Å². The molecule has 3 N–H and O–H groups in total. The summed E-state index contributed by atoms with van der Waals surface area (Å²) in [6, 6.07) is 29.2. The monoisotopic (exact) mass is 629 g/mol. The van der Waals surface area contributed by atoms with Crippen LogP contribution in [0.2, 0.25) is 5.02 Å². The highest BCUT2D eigenvalue weighted by molar-refractivity contribution is 7.89. The molecule has 4 aromatic rings. The van der Waals surface area contributed by atoms with Crippen molar-refractivity contribution in [1.82, 2.24) is 9.62 Å². The van der Waals surface area contributed by atoms with E-state index in [4.69, 9.17) is 16.3 Å². The average molecular weight is 630 g/mol. The van der Waals surface area contributed by atoms with E-state index in [2.05, 4.69) is 15.6 Å². The number of ether oxygens (including phenoxy) is 1. The lowest BCUT2D eigenvalue weighted by Gasteiger charge is -2.41. The van der Waals surface area contributed by atoms with Gasteiger partial charge in [-0.3, -0.25) is 5.32 Å². The van der Waals surface area contributed by atoms with E-state index in [-0.39, 0.29) is 23.9 Å². The second-order valence-corrected chi connectivity index (χ2v) is 13.3.